The molecule has 0 unspecified atom stereocenters. The number of nitrogens with one attached hydrogen (secondary N) is 1. The van der Waals surface area contributed by atoms with Crippen LogP contribution in [0.3, 0.4) is 0 Å². The van der Waals surface area contributed by atoms with Gasteiger partial charge in [-0.1, -0.05) is 30.3 Å². The molecule has 0 bridgehead atoms. The molecule has 1 aliphatic rings. The number of hydrogen-bond donors (Lipinski definition) is 2. The molecule has 0 saturated carbocycles. The van der Waals surface area contributed by atoms with Crippen molar-refractivity contribution >= 4 is 11.6 Å². The summed E-state index contributed by atoms with van der Waals surface area (Å²) in [5, 5.41) is 2.70. The standard InChI is InChI=1S/C20H22F3N3O2/c21-20(22,23)28-17-8-6-16(7-9-17)25-19(27)13-26-11-15(10-24)18(12-26)14-4-2-1-3-5-14/h1-9,15,18H,10-13,24H2,(H,25,27)/t15-,18+/m1/s1. The molecule has 150 valence electrons. The number of halogens is 3. The summed E-state index contributed by atoms with van der Waals surface area (Å²) in [5.41, 5.74) is 7.54. The number of ether oxygens (including phenoxy) is 1. The molecule has 5 nitrogen and oxygen atoms in total. The number of nitrogens with two attached hydrogens (primary N) is 1. The monoisotopic (exact) mass is 393 g/mol. The fourth-order valence-electron chi connectivity index (χ4n) is 3.55. The lowest BCUT2D eigenvalue weighted by atomic mass is 9.89. The molecule has 2 aromatic rings. The molecular formula is C20H22F3N3O2. The Morgan fingerprint density at radius 2 is 1.79 bits per heavy atom. The van der Waals surface area contributed by atoms with Gasteiger partial charge in [0.1, 0.15) is 5.75 Å². The van der Waals surface area contributed by atoms with Gasteiger partial charge in [0.05, 0.1) is 6.54 Å². The van der Waals surface area contributed by atoms with E-state index >= 15 is 0 Å². The Morgan fingerprint density at radius 1 is 1.11 bits per heavy atom. The third kappa shape index (κ3) is 5.46. The maximum atomic E-state index is 12.3. The molecule has 1 saturated heterocycles. The normalized spacial score (nSPS) is 20.1. The second kappa shape index (κ2) is 8.62. The van der Waals surface area contributed by atoms with Gasteiger partial charge in [-0.3, -0.25) is 9.69 Å². The van der Waals surface area contributed by atoms with Gasteiger partial charge in [0.25, 0.3) is 0 Å². The van der Waals surface area contributed by atoms with E-state index in [4.69, 9.17) is 5.73 Å². The smallest absolute Gasteiger partial charge is 0.406 e. The quantitative estimate of drug-likeness (QED) is 0.791. The van der Waals surface area contributed by atoms with Crippen LogP contribution in [0, 0.1) is 5.92 Å². The van der Waals surface area contributed by atoms with Crippen LogP contribution < -0.4 is 15.8 Å². The summed E-state index contributed by atoms with van der Waals surface area (Å²) < 4.78 is 40.4. The van der Waals surface area contributed by atoms with Crippen molar-refractivity contribution in [2.24, 2.45) is 11.7 Å². The summed E-state index contributed by atoms with van der Waals surface area (Å²) >= 11 is 0. The number of carbonyl (C=O) groups excluding carboxylic acids is 1. The Bertz CT molecular complexity index is 782. The Hall–Kier alpha value is -2.58. The summed E-state index contributed by atoms with van der Waals surface area (Å²) in [4.78, 5) is 14.4. The first kappa shape index (κ1) is 20.2. The highest BCUT2D eigenvalue weighted by atomic mass is 19.4. The average molecular weight is 393 g/mol. The van der Waals surface area contributed by atoms with Gasteiger partial charge in [0.15, 0.2) is 0 Å². The van der Waals surface area contributed by atoms with E-state index in [1.807, 2.05) is 23.1 Å². The van der Waals surface area contributed by atoms with E-state index in [1.54, 1.807) is 0 Å². The van der Waals surface area contributed by atoms with Crippen molar-refractivity contribution in [1.82, 2.24) is 4.90 Å². The molecule has 3 rings (SSSR count). The van der Waals surface area contributed by atoms with E-state index < -0.39 is 6.36 Å². The van der Waals surface area contributed by atoms with Crippen LogP contribution in [0.4, 0.5) is 18.9 Å². The third-order valence-corrected chi connectivity index (χ3v) is 4.79. The number of rotatable bonds is 6. The zero-order valence-corrected chi connectivity index (χ0v) is 15.2. The molecule has 1 aliphatic heterocycles. The molecule has 8 heteroatoms. The number of likely N-dealkylation sites (tertiary alicyclic amines) is 1. The van der Waals surface area contributed by atoms with Gasteiger partial charge in [0.2, 0.25) is 5.91 Å². The van der Waals surface area contributed by atoms with Crippen LogP contribution in [-0.4, -0.2) is 43.3 Å². The van der Waals surface area contributed by atoms with E-state index in [1.165, 1.54) is 17.7 Å². The zero-order valence-electron chi connectivity index (χ0n) is 15.2. The van der Waals surface area contributed by atoms with Gasteiger partial charge in [-0.2, -0.15) is 0 Å². The van der Waals surface area contributed by atoms with Crippen LogP contribution in [0.5, 0.6) is 5.75 Å². The van der Waals surface area contributed by atoms with Crippen molar-refractivity contribution < 1.29 is 22.7 Å². The van der Waals surface area contributed by atoms with Gasteiger partial charge < -0.3 is 15.8 Å². The van der Waals surface area contributed by atoms with Crippen LogP contribution in [0.25, 0.3) is 0 Å². The van der Waals surface area contributed by atoms with Crippen molar-refractivity contribution in [3.05, 3.63) is 60.2 Å². The number of nitrogens with zero attached hydrogens (tertiary/aromatic N) is 1. The fraction of sp³-hybridized carbons (Fsp3) is 0.350. The average Bonchev–Trinajstić information content (AvgIpc) is 3.05. The molecular weight excluding hydrogens is 371 g/mol. The first-order valence-corrected chi connectivity index (χ1v) is 8.97. The van der Waals surface area contributed by atoms with Gasteiger partial charge in [-0.25, -0.2) is 0 Å². The van der Waals surface area contributed by atoms with Crippen LogP contribution in [0.15, 0.2) is 54.6 Å². The Labute approximate surface area is 161 Å². The predicted molar refractivity (Wildman–Crippen MR) is 99.9 cm³/mol. The summed E-state index contributed by atoms with van der Waals surface area (Å²) in [5.74, 6) is -0.0118. The van der Waals surface area contributed by atoms with Crippen LogP contribution in [0.1, 0.15) is 11.5 Å². The van der Waals surface area contributed by atoms with Crippen molar-refractivity contribution in [2.75, 3.05) is 31.5 Å². The van der Waals surface area contributed by atoms with Gasteiger partial charge in [-0.15, -0.1) is 13.2 Å². The Kier molecular flexibility index (Phi) is 6.21. The highest BCUT2D eigenvalue weighted by molar-refractivity contribution is 5.92. The largest absolute Gasteiger partial charge is 0.573 e. The highest BCUT2D eigenvalue weighted by Crippen LogP contribution is 2.32. The van der Waals surface area contributed by atoms with Crippen LogP contribution in [-0.2, 0) is 4.79 Å². The van der Waals surface area contributed by atoms with E-state index in [9.17, 15) is 18.0 Å². The number of hydrogen-bond acceptors (Lipinski definition) is 4. The van der Waals surface area contributed by atoms with Crippen molar-refractivity contribution in [2.45, 2.75) is 12.3 Å². The molecule has 1 fully saturated rings. The minimum absolute atomic E-state index is 0.195. The van der Waals surface area contributed by atoms with Gasteiger partial charge in [0, 0.05) is 24.7 Å². The summed E-state index contributed by atoms with van der Waals surface area (Å²) in [6.45, 7) is 2.19. The lowest BCUT2D eigenvalue weighted by Crippen LogP contribution is -2.32. The second-order valence-electron chi connectivity index (χ2n) is 6.83. The molecule has 0 radical (unpaired) electrons. The molecule has 1 heterocycles. The minimum Gasteiger partial charge on any atom is -0.406 e. The number of amides is 1. The summed E-state index contributed by atoms with van der Waals surface area (Å²) in [6, 6.07) is 15.2. The van der Waals surface area contributed by atoms with E-state index in [-0.39, 0.29) is 30.0 Å². The Balaban J connectivity index is 1.55. The Morgan fingerprint density at radius 3 is 2.39 bits per heavy atom. The fourth-order valence-corrected chi connectivity index (χ4v) is 3.55. The third-order valence-electron chi connectivity index (χ3n) is 4.79. The van der Waals surface area contributed by atoms with E-state index in [0.717, 1.165) is 25.2 Å². The minimum atomic E-state index is -4.74. The van der Waals surface area contributed by atoms with Crippen LogP contribution >= 0.6 is 0 Å². The SMILES string of the molecule is NC[C@@H]1CN(CC(=O)Nc2ccc(OC(F)(F)F)cc2)C[C@H]1c1ccccc1. The lowest BCUT2D eigenvalue weighted by Gasteiger charge is -2.16. The molecule has 3 N–H and O–H groups in total. The molecule has 0 aliphatic carbocycles. The van der Waals surface area contributed by atoms with Crippen LogP contribution in [0.2, 0.25) is 0 Å². The predicted octanol–water partition coefficient (Wildman–Crippen LogP) is 3.20. The van der Waals surface area contributed by atoms with Gasteiger partial charge >= 0.3 is 6.36 Å². The highest BCUT2D eigenvalue weighted by Gasteiger charge is 2.33. The molecule has 1 amide bonds. The number of carbonyl (C=O) groups is 1. The second-order valence-corrected chi connectivity index (χ2v) is 6.83. The number of alkyl halides is 3. The zero-order chi connectivity index (χ0) is 20.1. The lowest BCUT2D eigenvalue weighted by molar-refractivity contribution is -0.274. The van der Waals surface area contributed by atoms with E-state index in [2.05, 4.69) is 22.2 Å². The van der Waals surface area contributed by atoms with E-state index in [0.29, 0.717) is 12.2 Å². The van der Waals surface area contributed by atoms with Gasteiger partial charge in [-0.05, 0) is 42.3 Å². The molecule has 0 spiro atoms. The first-order valence-electron chi connectivity index (χ1n) is 8.97. The topological polar surface area (TPSA) is 67.6 Å². The van der Waals surface area contributed by atoms with Crippen molar-refractivity contribution in [3.63, 3.8) is 0 Å². The summed E-state index contributed by atoms with van der Waals surface area (Å²) in [7, 11) is 0. The number of anilines is 1. The summed E-state index contributed by atoms with van der Waals surface area (Å²) in [6.07, 6.45) is -4.74. The maximum Gasteiger partial charge on any atom is 0.573 e. The van der Waals surface area contributed by atoms with Crippen molar-refractivity contribution in [1.29, 1.82) is 0 Å². The number of benzene rings is 2. The van der Waals surface area contributed by atoms with Crippen molar-refractivity contribution in [3.8, 4) is 5.75 Å². The maximum absolute atomic E-state index is 12.3. The molecule has 28 heavy (non-hydrogen) atoms. The molecule has 2 aromatic carbocycles. The molecule has 2 atom stereocenters. The first-order chi connectivity index (χ1) is 13.3. The molecule has 0 aromatic heterocycles.